The van der Waals surface area contributed by atoms with Gasteiger partial charge in [0.15, 0.2) is 0 Å². The molecule has 6 nitrogen and oxygen atoms in total. The van der Waals surface area contributed by atoms with Crippen LogP contribution in [-0.2, 0) is 34.3 Å². The van der Waals surface area contributed by atoms with Crippen molar-refractivity contribution in [3.05, 3.63) is 59.2 Å². The lowest BCUT2D eigenvalue weighted by Gasteiger charge is -2.26. The molecular formula is C25H31N3O3S. The van der Waals surface area contributed by atoms with Crippen molar-refractivity contribution in [1.29, 1.82) is 0 Å². The molecule has 2 aromatic rings. The predicted molar refractivity (Wildman–Crippen MR) is 125 cm³/mol. The van der Waals surface area contributed by atoms with Gasteiger partial charge in [0.1, 0.15) is 0 Å². The maximum Gasteiger partial charge on any atom is 0.240 e. The lowest BCUT2D eigenvalue weighted by atomic mass is 10.1. The van der Waals surface area contributed by atoms with Gasteiger partial charge in [-0.15, -0.1) is 0 Å². The van der Waals surface area contributed by atoms with Gasteiger partial charge in [-0.3, -0.25) is 9.69 Å². The van der Waals surface area contributed by atoms with Crippen molar-refractivity contribution in [2.75, 3.05) is 24.5 Å². The maximum absolute atomic E-state index is 12.9. The SMILES string of the molecule is O=C(C1CC1)N1CCc2cc(S(=O)(=O)NCc3ccc(CN4CCCCC4)cc3)ccc21. The summed E-state index contributed by atoms with van der Waals surface area (Å²) in [6.45, 7) is 4.19. The summed E-state index contributed by atoms with van der Waals surface area (Å²) in [4.78, 5) is 17.0. The smallest absolute Gasteiger partial charge is 0.240 e. The standard InChI is InChI=1S/C25H31N3O3S/c29-25(21-8-9-21)28-15-12-22-16-23(10-11-24(22)28)32(30,31)26-17-19-4-6-20(7-5-19)18-27-13-2-1-3-14-27/h4-7,10-11,16,21,26H,1-3,8-9,12-15,17-18H2. The number of carbonyl (C=O) groups excluding carboxylic acids is 1. The van der Waals surface area contributed by atoms with Gasteiger partial charge in [0.25, 0.3) is 0 Å². The van der Waals surface area contributed by atoms with Crippen molar-refractivity contribution in [3.8, 4) is 0 Å². The van der Waals surface area contributed by atoms with Crippen LogP contribution in [0.5, 0.6) is 0 Å². The molecule has 2 aliphatic heterocycles. The molecule has 0 radical (unpaired) electrons. The summed E-state index contributed by atoms with van der Waals surface area (Å²) < 4.78 is 28.5. The largest absolute Gasteiger partial charge is 0.312 e. The highest BCUT2D eigenvalue weighted by Gasteiger charge is 2.36. The quantitative estimate of drug-likeness (QED) is 0.697. The number of fused-ring (bicyclic) bond motifs is 1. The van der Waals surface area contributed by atoms with E-state index in [0.717, 1.165) is 49.3 Å². The number of rotatable bonds is 7. The lowest BCUT2D eigenvalue weighted by molar-refractivity contribution is -0.119. The molecule has 5 rings (SSSR count). The first kappa shape index (κ1) is 21.6. The van der Waals surface area contributed by atoms with Crippen LogP contribution in [0.15, 0.2) is 47.4 Å². The van der Waals surface area contributed by atoms with Gasteiger partial charge in [0.2, 0.25) is 15.9 Å². The second-order valence-electron chi connectivity index (χ2n) is 9.28. The van der Waals surface area contributed by atoms with E-state index in [1.807, 2.05) is 17.0 Å². The van der Waals surface area contributed by atoms with Crippen LogP contribution in [0.25, 0.3) is 0 Å². The molecule has 2 aromatic carbocycles. The summed E-state index contributed by atoms with van der Waals surface area (Å²) in [6.07, 6.45) is 6.53. The van der Waals surface area contributed by atoms with Crippen LogP contribution in [0.3, 0.4) is 0 Å². The normalized spacial score (nSPS) is 19.2. The molecule has 0 bridgehead atoms. The van der Waals surface area contributed by atoms with Crippen LogP contribution in [-0.4, -0.2) is 38.9 Å². The summed E-state index contributed by atoms with van der Waals surface area (Å²) in [7, 11) is -3.62. The molecule has 1 saturated heterocycles. The number of sulfonamides is 1. The molecule has 2 fully saturated rings. The third-order valence-electron chi connectivity index (χ3n) is 6.79. The van der Waals surface area contributed by atoms with Crippen LogP contribution < -0.4 is 9.62 Å². The van der Waals surface area contributed by atoms with Gasteiger partial charge < -0.3 is 4.90 Å². The van der Waals surface area contributed by atoms with E-state index in [0.29, 0.717) is 13.0 Å². The molecule has 0 spiro atoms. The Balaban J connectivity index is 1.20. The minimum atomic E-state index is -3.62. The summed E-state index contributed by atoms with van der Waals surface area (Å²) in [5, 5.41) is 0. The third-order valence-corrected chi connectivity index (χ3v) is 8.19. The van der Waals surface area contributed by atoms with Crippen molar-refractivity contribution >= 4 is 21.6 Å². The number of hydrogen-bond acceptors (Lipinski definition) is 4. The Kier molecular flexibility index (Phi) is 6.05. The van der Waals surface area contributed by atoms with E-state index in [9.17, 15) is 13.2 Å². The van der Waals surface area contributed by atoms with E-state index >= 15 is 0 Å². The molecule has 170 valence electrons. The third kappa shape index (κ3) is 4.75. The zero-order valence-corrected chi connectivity index (χ0v) is 19.2. The first-order valence-electron chi connectivity index (χ1n) is 11.7. The fourth-order valence-electron chi connectivity index (χ4n) is 4.72. The van der Waals surface area contributed by atoms with Gasteiger partial charge >= 0.3 is 0 Å². The van der Waals surface area contributed by atoms with Gasteiger partial charge in [0.05, 0.1) is 4.90 Å². The van der Waals surface area contributed by atoms with Crippen LogP contribution in [0.1, 0.15) is 48.8 Å². The number of nitrogens with zero attached hydrogens (tertiary/aromatic N) is 2. The fraction of sp³-hybridized carbons (Fsp3) is 0.480. The zero-order valence-electron chi connectivity index (χ0n) is 18.4. The predicted octanol–water partition coefficient (Wildman–Crippen LogP) is 3.45. The van der Waals surface area contributed by atoms with Gasteiger partial charge in [-0.1, -0.05) is 30.7 Å². The van der Waals surface area contributed by atoms with Crippen molar-refractivity contribution in [2.24, 2.45) is 5.92 Å². The van der Waals surface area contributed by atoms with Crippen molar-refractivity contribution in [1.82, 2.24) is 9.62 Å². The molecule has 1 saturated carbocycles. The van der Waals surface area contributed by atoms with Gasteiger partial charge in [-0.05, 0) is 80.1 Å². The number of likely N-dealkylation sites (tertiary alicyclic amines) is 1. The number of benzene rings is 2. The number of nitrogens with one attached hydrogen (secondary N) is 1. The number of hydrogen-bond donors (Lipinski definition) is 1. The average molecular weight is 454 g/mol. The molecule has 32 heavy (non-hydrogen) atoms. The summed E-state index contributed by atoms with van der Waals surface area (Å²) in [5.74, 6) is 0.346. The van der Waals surface area contributed by atoms with Gasteiger partial charge in [-0.25, -0.2) is 13.1 Å². The fourth-order valence-corrected chi connectivity index (χ4v) is 5.79. The summed E-state index contributed by atoms with van der Waals surface area (Å²) in [5.41, 5.74) is 4.01. The van der Waals surface area contributed by atoms with Crippen molar-refractivity contribution in [3.63, 3.8) is 0 Å². The number of amides is 1. The minimum Gasteiger partial charge on any atom is -0.312 e. The first-order valence-corrected chi connectivity index (χ1v) is 13.2. The maximum atomic E-state index is 12.9. The average Bonchev–Trinajstić information content (AvgIpc) is 3.58. The van der Waals surface area contributed by atoms with E-state index in [4.69, 9.17) is 0 Å². The molecule has 1 aliphatic carbocycles. The van der Waals surface area contributed by atoms with Gasteiger partial charge in [-0.2, -0.15) is 0 Å². The molecular weight excluding hydrogens is 422 g/mol. The molecule has 0 atom stereocenters. The van der Waals surface area contributed by atoms with Gasteiger partial charge in [0, 0.05) is 31.2 Å². The molecule has 0 aromatic heterocycles. The second kappa shape index (κ2) is 8.96. The first-order chi connectivity index (χ1) is 15.5. The molecule has 2 heterocycles. The van der Waals surface area contributed by atoms with Crippen LogP contribution >= 0.6 is 0 Å². The van der Waals surface area contributed by atoms with E-state index in [1.165, 1.54) is 24.8 Å². The zero-order chi connectivity index (χ0) is 22.1. The Morgan fingerprint density at radius 1 is 0.938 bits per heavy atom. The highest BCUT2D eigenvalue weighted by Crippen LogP contribution is 2.37. The molecule has 1 amide bonds. The minimum absolute atomic E-state index is 0.164. The molecule has 3 aliphatic rings. The monoisotopic (exact) mass is 453 g/mol. The van der Waals surface area contributed by atoms with Crippen molar-refractivity contribution < 1.29 is 13.2 Å². The lowest BCUT2D eigenvalue weighted by Crippen LogP contribution is -2.30. The number of carbonyl (C=O) groups is 1. The topological polar surface area (TPSA) is 69.7 Å². The van der Waals surface area contributed by atoms with E-state index in [-0.39, 0.29) is 23.3 Å². The summed E-state index contributed by atoms with van der Waals surface area (Å²) >= 11 is 0. The Morgan fingerprint density at radius 3 is 2.38 bits per heavy atom. The molecule has 1 N–H and O–H groups in total. The Hall–Kier alpha value is -2.22. The van der Waals surface area contributed by atoms with Crippen LogP contribution in [0.4, 0.5) is 5.69 Å². The van der Waals surface area contributed by atoms with Crippen molar-refractivity contribution in [2.45, 2.75) is 56.5 Å². The Morgan fingerprint density at radius 2 is 1.66 bits per heavy atom. The highest BCUT2D eigenvalue weighted by atomic mass is 32.2. The van der Waals surface area contributed by atoms with Crippen LogP contribution in [0.2, 0.25) is 0 Å². The summed E-state index contributed by atoms with van der Waals surface area (Å²) in [6, 6.07) is 13.3. The van der Waals surface area contributed by atoms with E-state index in [2.05, 4.69) is 21.8 Å². The molecule has 0 unspecified atom stereocenters. The highest BCUT2D eigenvalue weighted by molar-refractivity contribution is 7.89. The molecule has 7 heteroatoms. The number of piperidine rings is 1. The number of anilines is 1. The van der Waals surface area contributed by atoms with E-state index < -0.39 is 10.0 Å². The van der Waals surface area contributed by atoms with Crippen LogP contribution in [0, 0.1) is 5.92 Å². The Bertz CT molecular complexity index is 1090. The Labute approximate surface area is 190 Å². The second-order valence-corrected chi connectivity index (χ2v) is 11.0. The van der Waals surface area contributed by atoms with E-state index in [1.54, 1.807) is 18.2 Å².